The molecule has 5 heteroatoms. The van der Waals surface area contributed by atoms with E-state index in [0.717, 1.165) is 5.82 Å². The van der Waals surface area contributed by atoms with Gasteiger partial charge >= 0.3 is 0 Å². The van der Waals surface area contributed by atoms with E-state index in [0.29, 0.717) is 12.8 Å². The monoisotopic (exact) mass is 222 g/mol. The number of aryl methyl sites for hydroxylation is 1. The molecule has 1 rings (SSSR count). The van der Waals surface area contributed by atoms with Gasteiger partial charge in [-0.15, -0.1) is 17.0 Å². The Balaban J connectivity index is 0.000001000. The first kappa shape index (κ1) is 10.6. The lowest BCUT2D eigenvalue weighted by atomic mass is 10.3. The second-order valence-corrected chi connectivity index (χ2v) is 2.06. The number of aliphatic hydroxyl groups excluding tert-OH is 1. The van der Waals surface area contributed by atoms with Gasteiger partial charge in [0.15, 0.2) is 6.29 Å². The summed E-state index contributed by atoms with van der Waals surface area (Å²) in [7, 11) is 0. The average Bonchev–Trinajstić information content (AvgIpc) is 2.34. The lowest BCUT2D eigenvalue weighted by molar-refractivity contribution is -0.0449. The molecule has 0 amide bonds. The molecule has 0 radical (unpaired) electrons. The van der Waals surface area contributed by atoms with Crippen molar-refractivity contribution in [1.29, 1.82) is 0 Å². The molecule has 0 bridgehead atoms. The van der Waals surface area contributed by atoms with Crippen molar-refractivity contribution in [3.63, 3.8) is 0 Å². The molecule has 0 fully saturated rings. The van der Waals surface area contributed by atoms with Crippen LogP contribution in [0, 0.1) is 0 Å². The number of hydrogen-bond acceptors (Lipinski definition) is 3. The number of halogens is 1. The molecule has 0 saturated heterocycles. The molecule has 0 aromatic carbocycles. The van der Waals surface area contributed by atoms with E-state index in [2.05, 4.69) is 9.97 Å². The molecule has 0 aliphatic rings. The molecule has 4 nitrogen and oxygen atoms in total. The molecule has 64 valence electrons. The predicted molar refractivity (Wildman–Crippen MR) is 45.5 cm³/mol. The van der Waals surface area contributed by atoms with E-state index in [9.17, 15) is 0 Å². The van der Waals surface area contributed by atoms with Crippen LogP contribution in [-0.4, -0.2) is 26.5 Å². The van der Waals surface area contributed by atoms with Gasteiger partial charge in [0.2, 0.25) is 0 Å². The van der Waals surface area contributed by atoms with E-state index in [1.807, 2.05) is 0 Å². The molecule has 1 heterocycles. The molecule has 1 aromatic heterocycles. The van der Waals surface area contributed by atoms with Gasteiger partial charge in [-0.2, -0.15) is 0 Å². The van der Waals surface area contributed by atoms with Gasteiger partial charge in [-0.3, -0.25) is 0 Å². The van der Waals surface area contributed by atoms with E-state index < -0.39 is 6.29 Å². The maximum atomic E-state index is 8.47. The fourth-order valence-corrected chi connectivity index (χ4v) is 0.701. The molecule has 0 atom stereocenters. The SMILES string of the molecule is Br.OC(O)CCc1ncc[nH]1. The van der Waals surface area contributed by atoms with E-state index in [4.69, 9.17) is 10.2 Å². The third-order valence-corrected chi connectivity index (χ3v) is 1.19. The summed E-state index contributed by atoms with van der Waals surface area (Å²) >= 11 is 0. The Hall–Kier alpha value is -0.390. The number of hydrogen-bond donors (Lipinski definition) is 3. The highest BCUT2D eigenvalue weighted by Crippen LogP contribution is 1.96. The Labute approximate surface area is 75.1 Å². The van der Waals surface area contributed by atoms with Gasteiger partial charge in [0, 0.05) is 25.2 Å². The number of H-pyrrole nitrogens is 1. The highest BCUT2D eigenvalue weighted by molar-refractivity contribution is 8.93. The molecular formula is C6H11BrN2O2. The number of nitrogens with one attached hydrogen (secondary N) is 1. The normalized spacial score (nSPS) is 9.73. The van der Waals surface area contributed by atoms with Crippen LogP contribution in [0.1, 0.15) is 12.2 Å². The summed E-state index contributed by atoms with van der Waals surface area (Å²) in [6.07, 6.45) is 3.01. The van der Waals surface area contributed by atoms with Crippen LogP contribution >= 0.6 is 17.0 Å². The van der Waals surface area contributed by atoms with E-state index in [1.54, 1.807) is 12.4 Å². The summed E-state index contributed by atoms with van der Waals surface area (Å²) in [5, 5.41) is 16.9. The zero-order valence-electron chi connectivity index (χ0n) is 5.90. The molecule has 1 aromatic rings. The Kier molecular flexibility index (Phi) is 5.10. The third-order valence-electron chi connectivity index (χ3n) is 1.19. The quantitative estimate of drug-likeness (QED) is 0.642. The highest BCUT2D eigenvalue weighted by Gasteiger charge is 1.99. The van der Waals surface area contributed by atoms with Crippen LogP contribution in [0.5, 0.6) is 0 Å². The maximum Gasteiger partial charge on any atom is 0.151 e. The minimum absolute atomic E-state index is 0. The first-order valence-electron chi connectivity index (χ1n) is 3.13. The van der Waals surface area contributed by atoms with Crippen molar-refractivity contribution < 1.29 is 10.2 Å². The number of aliphatic hydroxyl groups is 2. The molecule has 0 unspecified atom stereocenters. The number of aromatic amines is 1. The largest absolute Gasteiger partial charge is 0.368 e. The van der Waals surface area contributed by atoms with Crippen LogP contribution in [0.3, 0.4) is 0 Å². The molecule has 0 saturated carbocycles. The van der Waals surface area contributed by atoms with Crippen LogP contribution in [0.15, 0.2) is 12.4 Å². The second-order valence-electron chi connectivity index (χ2n) is 2.06. The van der Waals surface area contributed by atoms with Crippen molar-refractivity contribution in [1.82, 2.24) is 9.97 Å². The number of imidazole rings is 1. The Morgan fingerprint density at radius 1 is 1.55 bits per heavy atom. The molecule has 3 N–H and O–H groups in total. The minimum atomic E-state index is -1.23. The lowest BCUT2D eigenvalue weighted by Gasteiger charge is -1.98. The minimum Gasteiger partial charge on any atom is -0.368 e. The summed E-state index contributed by atoms with van der Waals surface area (Å²) in [4.78, 5) is 6.77. The summed E-state index contributed by atoms with van der Waals surface area (Å²) in [6.45, 7) is 0. The van der Waals surface area contributed by atoms with E-state index >= 15 is 0 Å². The topological polar surface area (TPSA) is 69.1 Å². The van der Waals surface area contributed by atoms with Gasteiger partial charge in [0.25, 0.3) is 0 Å². The van der Waals surface area contributed by atoms with Crippen molar-refractivity contribution in [2.45, 2.75) is 19.1 Å². The van der Waals surface area contributed by atoms with Crippen molar-refractivity contribution in [3.05, 3.63) is 18.2 Å². The van der Waals surface area contributed by atoms with Crippen LogP contribution in [0.4, 0.5) is 0 Å². The molecule has 11 heavy (non-hydrogen) atoms. The first-order valence-corrected chi connectivity index (χ1v) is 3.13. The summed E-state index contributed by atoms with van der Waals surface area (Å²) in [5.41, 5.74) is 0. The van der Waals surface area contributed by atoms with Crippen LogP contribution in [-0.2, 0) is 6.42 Å². The number of rotatable bonds is 3. The zero-order valence-corrected chi connectivity index (χ0v) is 7.61. The molecule has 0 aliphatic heterocycles. The maximum absolute atomic E-state index is 8.47. The summed E-state index contributed by atoms with van der Waals surface area (Å²) < 4.78 is 0. The Morgan fingerprint density at radius 2 is 2.27 bits per heavy atom. The standard InChI is InChI=1S/C6H10N2O2.BrH/c9-6(10)2-1-5-7-3-4-8-5;/h3-4,6,9-10H,1-2H2,(H,7,8);1H. The van der Waals surface area contributed by atoms with Crippen LogP contribution in [0.25, 0.3) is 0 Å². The average molecular weight is 223 g/mol. The van der Waals surface area contributed by atoms with Gasteiger partial charge in [-0.25, -0.2) is 4.98 Å². The number of aromatic nitrogens is 2. The molecular weight excluding hydrogens is 212 g/mol. The third kappa shape index (κ3) is 4.13. The number of nitrogens with zero attached hydrogens (tertiary/aromatic N) is 1. The smallest absolute Gasteiger partial charge is 0.151 e. The highest BCUT2D eigenvalue weighted by atomic mass is 79.9. The fourth-order valence-electron chi connectivity index (χ4n) is 0.701. The van der Waals surface area contributed by atoms with Crippen molar-refractivity contribution in [2.24, 2.45) is 0 Å². The van der Waals surface area contributed by atoms with Gasteiger partial charge in [-0.1, -0.05) is 0 Å². The summed E-state index contributed by atoms with van der Waals surface area (Å²) in [5.74, 6) is 0.785. The van der Waals surface area contributed by atoms with Gasteiger partial charge < -0.3 is 15.2 Å². The van der Waals surface area contributed by atoms with Crippen molar-refractivity contribution in [3.8, 4) is 0 Å². The van der Waals surface area contributed by atoms with E-state index in [-0.39, 0.29) is 17.0 Å². The van der Waals surface area contributed by atoms with E-state index in [1.165, 1.54) is 0 Å². The molecule has 0 spiro atoms. The molecule has 0 aliphatic carbocycles. The van der Waals surface area contributed by atoms with Gasteiger partial charge in [-0.05, 0) is 0 Å². The lowest BCUT2D eigenvalue weighted by Crippen LogP contribution is -2.05. The van der Waals surface area contributed by atoms with Crippen LogP contribution < -0.4 is 0 Å². The Bertz CT molecular complexity index is 177. The second kappa shape index (κ2) is 5.29. The predicted octanol–water partition coefficient (Wildman–Crippen LogP) is 0.231. The summed E-state index contributed by atoms with van der Waals surface area (Å²) in [6, 6.07) is 0. The van der Waals surface area contributed by atoms with Crippen molar-refractivity contribution >= 4 is 17.0 Å². The van der Waals surface area contributed by atoms with Crippen LogP contribution in [0.2, 0.25) is 0 Å². The van der Waals surface area contributed by atoms with Gasteiger partial charge in [0.1, 0.15) is 5.82 Å². The first-order chi connectivity index (χ1) is 4.79. The van der Waals surface area contributed by atoms with Crippen molar-refractivity contribution in [2.75, 3.05) is 0 Å². The zero-order chi connectivity index (χ0) is 7.40. The Morgan fingerprint density at radius 3 is 2.73 bits per heavy atom. The fraction of sp³-hybridized carbons (Fsp3) is 0.500. The van der Waals surface area contributed by atoms with Gasteiger partial charge in [0.05, 0.1) is 0 Å².